The molecule has 2 aromatic carbocycles. The smallest absolute Gasteiger partial charge is 0.241 e. The third kappa shape index (κ3) is 6.29. The number of hydrogen-bond acceptors (Lipinski definition) is 5. The first-order valence-electron chi connectivity index (χ1n) is 10.7. The highest BCUT2D eigenvalue weighted by Crippen LogP contribution is 2.18. The zero-order valence-electron chi connectivity index (χ0n) is 18.2. The Morgan fingerprint density at radius 2 is 1.65 bits per heavy atom. The van der Waals surface area contributed by atoms with Crippen molar-refractivity contribution in [1.29, 1.82) is 0 Å². The van der Waals surface area contributed by atoms with Crippen molar-refractivity contribution in [1.82, 2.24) is 14.5 Å². The molecule has 168 valence electrons. The average molecular weight is 446 g/mol. The normalized spacial score (nSPS) is 16.1. The fourth-order valence-corrected chi connectivity index (χ4v) is 4.86. The number of nitrogens with zero attached hydrogens (tertiary/aromatic N) is 2. The lowest BCUT2D eigenvalue weighted by Crippen LogP contribution is -2.55. The molecule has 1 heterocycles. The third-order valence-corrected chi connectivity index (χ3v) is 6.94. The summed E-state index contributed by atoms with van der Waals surface area (Å²) in [6.07, 6.45) is 0.296. The molecule has 1 amide bonds. The van der Waals surface area contributed by atoms with Crippen molar-refractivity contribution in [2.75, 3.05) is 39.3 Å². The third-order valence-electron chi connectivity index (χ3n) is 5.45. The maximum Gasteiger partial charge on any atom is 0.241 e. The van der Waals surface area contributed by atoms with Gasteiger partial charge in [-0.1, -0.05) is 37.3 Å². The van der Waals surface area contributed by atoms with E-state index in [9.17, 15) is 13.2 Å². The predicted molar refractivity (Wildman–Crippen MR) is 121 cm³/mol. The van der Waals surface area contributed by atoms with E-state index in [1.807, 2.05) is 37.3 Å². The number of rotatable bonds is 9. The van der Waals surface area contributed by atoms with Gasteiger partial charge in [-0.2, -0.15) is 4.72 Å². The van der Waals surface area contributed by atoms with Crippen LogP contribution in [-0.2, 0) is 21.2 Å². The van der Waals surface area contributed by atoms with Gasteiger partial charge in [0, 0.05) is 26.2 Å². The van der Waals surface area contributed by atoms with Gasteiger partial charge in [0.2, 0.25) is 15.9 Å². The van der Waals surface area contributed by atoms with Crippen molar-refractivity contribution in [3.63, 3.8) is 0 Å². The van der Waals surface area contributed by atoms with Crippen molar-refractivity contribution < 1.29 is 17.9 Å². The fourth-order valence-electron chi connectivity index (χ4n) is 3.67. The highest BCUT2D eigenvalue weighted by Gasteiger charge is 2.31. The fraction of sp³-hybridized carbons (Fsp3) is 0.435. The Morgan fingerprint density at radius 1 is 1.00 bits per heavy atom. The van der Waals surface area contributed by atoms with Crippen molar-refractivity contribution >= 4 is 15.9 Å². The monoisotopic (exact) mass is 445 g/mol. The number of carbonyl (C=O) groups is 1. The Bertz CT molecular complexity index is 941. The van der Waals surface area contributed by atoms with E-state index in [1.54, 1.807) is 17.0 Å². The summed E-state index contributed by atoms with van der Waals surface area (Å²) < 4.78 is 34.2. The number of piperazine rings is 1. The minimum atomic E-state index is -3.87. The van der Waals surface area contributed by atoms with Gasteiger partial charge in [-0.05, 0) is 49.7 Å². The number of ether oxygens (including phenoxy) is 1. The Hall–Kier alpha value is -2.42. The van der Waals surface area contributed by atoms with E-state index in [4.69, 9.17) is 4.74 Å². The largest absolute Gasteiger partial charge is 0.494 e. The molecule has 1 fully saturated rings. The van der Waals surface area contributed by atoms with Gasteiger partial charge in [-0.3, -0.25) is 4.79 Å². The van der Waals surface area contributed by atoms with Gasteiger partial charge in [-0.25, -0.2) is 8.42 Å². The lowest BCUT2D eigenvalue weighted by atomic mass is 10.1. The number of benzene rings is 2. The number of carbonyl (C=O) groups excluding carboxylic acids is 1. The molecule has 1 atom stereocenters. The van der Waals surface area contributed by atoms with Crippen molar-refractivity contribution in [3.05, 3.63) is 60.2 Å². The molecule has 31 heavy (non-hydrogen) atoms. The minimum absolute atomic E-state index is 0.109. The molecule has 2 aromatic rings. The average Bonchev–Trinajstić information content (AvgIpc) is 2.79. The minimum Gasteiger partial charge on any atom is -0.494 e. The Balaban J connectivity index is 1.79. The maximum atomic E-state index is 13.3. The molecule has 0 aliphatic carbocycles. The van der Waals surface area contributed by atoms with Gasteiger partial charge in [-0.15, -0.1) is 0 Å². The van der Waals surface area contributed by atoms with Gasteiger partial charge in [0.25, 0.3) is 0 Å². The first kappa shape index (κ1) is 23.2. The molecule has 3 rings (SSSR count). The van der Waals surface area contributed by atoms with Gasteiger partial charge in [0.05, 0.1) is 11.5 Å². The van der Waals surface area contributed by atoms with Crippen molar-refractivity contribution in [2.24, 2.45) is 0 Å². The number of amides is 1. The molecule has 1 aliphatic heterocycles. The molecule has 7 nitrogen and oxygen atoms in total. The number of likely N-dealkylation sites (N-methyl/N-ethyl adjacent to an activating group) is 1. The standard InChI is InChI=1S/C23H31N3O4S/c1-3-25-14-16-26(17-15-25)23(27)22(18-19-8-6-5-7-9-19)24-31(28,29)21-12-10-20(11-13-21)30-4-2/h5-13,22,24H,3-4,14-18H2,1-2H3. The van der Waals surface area contributed by atoms with Gasteiger partial charge in [0.15, 0.2) is 0 Å². The molecule has 8 heteroatoms. The summed E-state index contributed by atoms with van der Waals surface area (Å²) in [4.78, 5) is 17.5. The Labute approximate surface area is 185 Å². The summed E-state index contributed by atoms with van der Waals surface area (Å²) in [5, 5.41) is 0. The van der Waals surface area contributed by atoms with E-state index in [2.05, 4.69) is 16.5 Å². The lowest BCUT2D eigenvalue weighted by Gasteiger charge is -2.36. The molecule has 1 unspecified atom stereocenters. The number of sulfonamides is 1. The molecule has 0 spiro atoms. The number of hydrogen-bond donors (Lipinski definition) is 1. The van der Waals surface area contributed by atoms with E-state index in [-0.39, 0.29) is 10.8 Å². The first-order chi connectivity index (χ1) is 14.9. The van der Waals surface area contributed by atoms with Crippen molar-refractivity contribution in [3.8, 4) is 5.75 Å². The Morgan fingerprint density at radius 3 is 2.23 bits per heavy atom. The summed E-state index contributed by atoms with van der Waals surface area (Å²) in [6, 6.07) is 14.8. The molecule has 1 aliphatic rings. The summed E-state index contributed by atoms with van der Waals surface area (Å²) in [7, 11) is -3.87. The molecule has 0 bridgehead atoms. The van der Waals surface area contributed by atoms with E-state index < -0.39 is 16.1 Å². The second kappa shape index (κ2) is 10.7. The van der Waals surface area contributed by atoms with E-state index in [1.165, 1.54) is 12.1 Å². The topological polar surface area (TPSA) is 78.9 Å². The Kier molecular flexibility index (Phi) is 8.06. The second-order valence-electron chi connectivity index (χ2n) is 7.53. The van der Waals surface area contributed by atoms with Crippen molar-refractivity contribution in [2.45, 2.75) is 31.2 Å². The zero-order valence-corrected chi connectivity index (χ0v) is 19.0. The molecule has 1 N–H and O–H groups in total. The highest BCUT2D eigenvalue weighted by atomic mass is 32.2. The first-order valence-corrected chi connectivity index (χ1v) is 12.2. The quantitative estimate of drug-likeness (QED) is 0.640. The van der Waals surface area contributed by atoms with Crippen LogP contribution in [0.1, 0.15) is 19.4 Å². The highest BCUT2D eigenvalue weighted by molar-refractivity contribution is 7.89. The molecular formula is C23H31N3O4S. The van der Waals surface area contributed by atoms with Crippen LogP contribution in [0.3, 0.4) is 0 Å². The zero-order chi connectivity index (χ0) is 22.3. The van der Waals surface area contributed by atoms with Gasteiger partial charge < -0.3 is 14.5 Å². The van der Waals surface area contributed by atoms with Crippen LogP contribution in [0.15, 0.2) is 59.5 Å². The molecular weight excluding hydrogens is 414 g/mol. The molecule has 0 radical (unpaired) electrons. The van der Waals surface area contributed by atoms with Gasteiger partial charge >= 0.3 is 0 Å². The molecule has 0 saturated carbocycles. The molecule has 0 aromatic heterocycles. The number of nitrogens with one attached hydrogen (secondary N) is 1. The van der Waals surface area contributed by atoms with Crippen LogP contribution in [0.2, 0.25) is 0 Å². The van der Waals surface area contributed by atoms with Crippen LogP contribution < -0.4 is 9.46 Å². The summed E-state index contributed by atoms with van der Waals surface area (Å²) in [5.41, 5.74) is 0.905. The molecule has 1 saturated heterocycles. The van der Waals surface area contributed by atoms with Gasteiger partial charge in [0.1, 0.15) is 11.8 Å². The van der Waals surface area contributed by atoms with E-state index >= 15 is 0 Å². The predicted octanol–water partition coefficient (Wildman–Crippen LogP) is 2.14. The van der Waals surface area contributed by atoms with Crippen LogP contribution >= 0.6 is 0 Å². The van der Waals surface area contributed by atoms with E-state index in [0.29, 0.717) is 31.9 Å². The second-order valence-corrected chi connectivity index (χ2v) is 9.24. The van der Waals surface area contributed by atoms with Crippen LogP contribution in [0.25, 0.3) is 0 Å². The van der Waals surface area contributed by atoms with Crippen LogP contribution in [0.5, 0.6) is 5.75 Å². The summed E-state index contributed by atoms with van der Waals surface area (Å²) >= 11 is 0. The maximum absolute atomic E-state index is 13.3. The van der Waals surface area contributed by atoms with Crippen LogP contribution in [0.4, 0.5) is 0 Å². The van der Waals surface area contributed by atoms with Crippen LogP contribution in [-0.4, -0.2) is 69.5 Å². The van der Waals surface area contributed by atoms with Crippen LogP contribution in [0, 0.1) is 0 Å². The summed E-state index contributed by atoms with van der Waals surface area (Å²) in [5.74, 6) is 0.418. The lowest BCUT2D eigenvalue weighted by molar-refractivity contribution is -0.134. The SMILES string of the molecule is CCOc1ccc(S(=O)(=O)NC(Cc2ccccc2)C(=O)N2CCN(CC)CC2)cc1. The van der Waals surface area contributed by atoms with E-state index in [0.717, 1.165) is 25.2 Å². The summed E-state index contributed by atoms with van der Waals surface area (Å²) in [6.45, 7) is 8.21.